The molecule has 0 unspecified atom stereocenters. The number of carbonyl (C=O) groups is 1. The first-order chi connectivity index (χ1) is 9.90. The molecule has 0 bridgehead atoms. The first-order valence-electron chi connectivity index (χ1n) is 5.88. The zero-order valence-corrected chi connectivity index (χ0v) is 11.2. The molecule has 108 valence electrons. The topological polar surface area (TPSA) is 115 Å². The number of hydrogen-bond acceptors (Lipinski definition) is 6. The van der Waals surface area contributed by atoms with Crippen LogP contribution in [0.1, 0.15) is 21.5 Å². The van der Waals surface area contributed by atoms with Gasteiger partial charge in [-0.25, -0.2) is 4.79 Å². The van der Waals surface area contributed by atoms with Crippen LogP contribution in [0.5, 0.6) is 11.6 Å². The second-order valence-corrected chi connectivity index (χ2v) is 4.32. The summed E-state index contributed by atoms with van der Waals surface area (Å²) in [5.41, 5.74) is 0.730. The van der Waals surface area contributed by atoms with Crippen LogP contribution in [-0.4, -0.2) is 26.2 Å². The second kappa shape index (κ2) is 5.53. The summed E-state index contributed by atoms with van der Waals surface area (Å²) in [6, 6.07) is 4.09. The van der Waals surface area contributed by atoms with E-state index in [-0.39, 0.29) is 17.1 Å². The maximum absolute atomic E-state index is 11.1. The zero-order chi connectivity index (χ0) is 15.6. The Hall–Kier alpha value is -3.03. The molecular formula is C13H11N3O5. The number of ether oxygens (including phenoxy) is 1. The summed E-state index contributed by atoms with van der Waals surface area (Å²) in [6.45, 7) is 3.19. The van der Waals surface area contributed by atoms with E-state index >= 15 is 0 Å². The number of carboxylic acid groups (broad SMARTS) is 1. The van der Waals surface area contributed by atoms with Gasteiger partial charge in [0.2, 0.25) is 0 Å². The fourth-order valence-corrected chi connectivity index (χ4v) is 1.74. The third-order valence-corrected chi connectivity index (χ3v) is 2.81. The van der Waals surface area contributed by atoms with Crippen molar-refractivity contribution in [2.45, 2.75) is 13.8 Å². The van der Waals surface area contributed by atoms with Crippen LogP contribution < -0.4 is 4.74 Å². The van der Waals surface area contributed by atoms with E-state index in [0.717, 1.165) is 0 Å². The Morgan fingerprint density at radius 1 is 1.33 bits per heavy atom. The molecule has 0 aliphatic carbocycles. The van der Waals surface area contributed by atoms with Crippen molar-refractivity contribution in [2.24, 2.45) is 0 Å². The van der Waals surface area contributed by atoms with Crippen LogP contribution in [0.25, 0.3) is 0 Å². The van der Waals surface area contributed by atoms with E-state index in [4.69, 9.17) is 9.84 Å². The Kier molecular flexibility index (Phi) is 3.79. The maximum atomic E-state index is 11.1. The number of aromatic nitrogens is 2. The molecule has 0 fully saturated rings. The van der Waals surface area contributed by atoms with Gasteiger partial charge in [0, 0.05) is 11.6 Å². The molecule has 1 heterocycles. The molecule has 2 rings (SSSR count). The van der Waals surface area contributed by atoms with Crippen molar-refractivity contribution < 1.29 is 19.6 Å². The predicted molar refractivity (Wildman–Crippen MR) is 71.6 cm³/mol. The van der Waals surface area contributed by atoms with Gasteiger partial charge < -0.3 is 9.84 Å². The smallest absolute Gasteiger partial charge is 0.341 e. The van der Waals surface area contributed by atoms with Crippen LogP contribution in [0.4, 0.5) is 5.69 Å². The van der Waals surface area contributed by atoms with Gasteiger partial charge in [-0.15, -0.1) is 5.10 Å². The molecule has 0 saturated carbocycles. The van der Waals surface area contributed by atoms with E-state index in [1.807, 2.05) is 0 Å². The van der Waals surface area contributed by atoms with Crippen molar-refractivity contribution in [3.8, 4) is 11.6 Å². The number of rotatable bonds is 4. The molecule has 0 aliphatic heterocycles. The van der Waals surface area contributed by atoms with Gasteiger partial charge in [0.05, 0.1) is 11.1 Å². The van der Waals surface area contributed by atoms with Crippen LogP contribution >= 0.6 is 0 Å². The number of carboxylic acids is 1. The maximum Gasteiger partial charge on any atom is 0.341 e. The lowest BCUT2D eigenvalue weighted by Gasteiger charge is -2.10. The highest BCUT2D eigenvalue weighted by molar-refractivity contribution is 5.90. The molecule has 0 spiro atoms. The van der Waals surface area contributed by atoms with Gasteiger partial charge >= 0.3 is 5.97 Å². The summed E-state index contributed by atoms with van der Waals surface area (Å²) >= 11 is 0. The van der Waals surface area contributed by atoms with E-state index in [1.54, 1.807) is 13.8 Å². The van der Waals surface area contributed by atoms with Crippen LogP contribution in [0.2, 0.25) is 0 Å². The van der Waals surface area contributed by atoms with Crippen LogP contribution in [-0.2, 0) is 0 Å². The first kappa shape index (κ1) is 14.4. The van der Waals surface area contributed by atoms with Gasteiger partial charge in [0.1, 0.15) is 11.3 Å². The van der Waals surface area contributed by atoms with E-state index in [1.165, 1.54) is 24.4 Å². The molecule has 0 aliphatic rings. The summed E-state index contributed by atoms with van der Waals surface area (Å²) < 4.78 is 5.44. The van der Waals surface area contributed by atoms with Gasteiger partial charge in [0.25, 0.3) is 11.6 Å². The number of nitro groups is 1. The van der Waals surface area contributed by atoms with Crippen LogP contribution in [0, 0.1) is 24.0 Å². The Morgan fingerprint density at radius 2 is 2.05 bits per heavy atom. The van der Waals surface area contributed by atoms with Gasteiger partial charge in [-0.05, 0) is 31.5 Å². The van der Waals surface area contributed by atoms with E-state index < -0.39 is 10.9 Å². The molecular weight excluding hydrogens is 278 g/mol. The number of nitro benzene ring substituents is 1. The van der Waals surface area contributed by atoms with Gasteiger partial charge in [0.15, 0.2) is 0 Å². The number of benzene rings is 1. The largest absolute Gasteiger partial charge is 0.477 e. The minimum Gasteiger partial charge on any atom is -0.477 e. The molecule has 2 aromatic rings. The zero-order valence-electron chi connectivity index (χ0n) is 11.2. The third kappa shape index (κ3) is 2.94. The highest BCUT2D eigenvalue weighted by Crippen LogP contribution is 2.31. The van der Waals surface area contributed by atoms with E-state index in [9.17, 15) is 14.9 Å². The summed E-state index contributed by atoms with van der Waals surface area (Å²) in [5.74, 6) is -1.07. The molecule has 1 N–H and O–H groups in total. The SMILES string of the molecule is Cc1cc([N+](=O)[O-])c(C)cc1Oc1nnccc1C(=O)O. The van der Waals surface area contributed by atoms with Crippen molar-refractivity contribution in [3.05, 3.63) is 51.2 Å². The van der Waals surface area contributed by atoms with E-state index in [0.29, 0.717) is 16.9 Å². The van der Waals surface area contributed by atoms with E-state index in [2.05, 4.69) is 10.2 Å². The summed E-state index contributed by atoms with van der Waals surface area (Å²) in [6.07, 6.45) is 1.24. The van der Waals surface area contributed by atoms with Gasteiger partial charge in [-0.1, -0.05) is 0 Å². The summed E-state index contributed by atoms with van der Waals surface area (Å²) in [7, 11) is 0. The van der Waals surface area contributed by atoms with Crippen molar-refractivity contribution in [3.63, 3.8) is 0 Å². The lowest BCUT2D eigenvalue weighted by molar-refractivity contribution is -0.385. The first-order valence-corrected chi connectivity index (χ1v) is 5.88. The molecule has 1 aromatic carbocycles. The lowest BCUT2D eigenvalue weighted by Crippen LogP contribution is -2.04. The second-order valence-electron chi connectivity index (χ2n) is 4.32. The van der Waals surface area contributed by atoms with Gasteiger partial charge in [-0.3, -0.25) is 10.1 Å². The lowest BCUT2D eigenvalue weighted by atomic mass is 10.1. The number of aromatic carboxylic acids is 1. The molecule has 21 heavy (non-hydrogen) atoms. The molecule has 8 heteroatoms. The quantitative estimate of drug-likeness (QED) is 0.678. The molecule has 0 saturated heterocycles. The minimum atomic E-state index is -1.20. The highest BCUT2D eigenvalue weighted by Gasteiger charge is 2.18. The fourth-order valence-electron chi connectivity index (χ4n) is 1.74. The molecule has 0 atom stereocenters. The molecule has 0 radical (unpaired) electrons. The standard InChI is InChI=1S/C13H11N3O5/c1-7-6-11(8(2)5-10(7)16(19)20)21-12-9(13(17)18)3-4-14-15-12/h3-6H,1-2H3,(H,17,18). The fraction of sp³-hybridized carbons (Fsp3) is 0.154. The van der Waals surface area contributed by atoms with Crippen molar-refractivity contribution in [1.82, 2.24) is 10.2 Å². The number of aryl methyl sites for hydroxylation is 2. The Bertz CT molecular complexity index is 730. The molecule has 0 amide bonds. The third-order valence-electron chi connectivity index (χ3n) is 2.81. The normalized spacial score (nSPS) is 10.2. The number of hydrogen-bond donors (Lipinski definition) is 1. The molecule has 8 nitrogen and oxygen atoms in total. The van der Waals surface area contributed by atoms with Crippen LogP contribution in [0.3, 0.4) is 0 Å². The van der Waals surface area contributed by atoms with Crippen LogP contribution in [0.15, 0.2) is 24.4 Å². The van der Waals surface area contributed by atoms with Crippen molar-refractivity contribution >= 4 is 11.7 Å². The summed E-state index contributed by atoms with van der Waals surface area (Å²) in [4.78, 5) is 21.4. The Morgan fingerprint density at radius 3 is 2.67 bits per heavy atom. The predicted octanol–water partition coefficient (Wildman–Crippen LogP) is 2.49. The van der Waals surface area contributed by atoms with Gasteiger partial charge in [-0.2, -0.15) is 5.10 Å². The minimum absolute atomic E-state index is 0.0301. The average molecular weight is 289 g/mol. The molecule has 1 aromatic heterocycles. The monoisotopic (exact) mass is 289 g/mol. The van der Waals surface area contributed by atoms with Crippen molar-refractivity contribution in [2.75, 3.05) is 0 Å². The highest BCUT2D eigenvalue weighted by atomic mass is 16.6. The Labute approximate surface area is 119 Å². The van der Waals surface area contributed by atoms with Crippen molar-refractivity contribution in [1.29, 1.82) is 0 Å². The average Bonchev–Trinajstić information content (AvgIpc) is 2.42. The number of nitrogens with zero attached hydrogens (tertiary/aromatic N) is 3. The summed E-state index contributed by atoms with van der Waals surface area (Å²) in [5, 5.41) is 27.1. The Balaban J connectivity index is 2.44.